The van der Waals surface area contributed by atoms with E-state index in [2.05, 4.69) is 36.5 Å². The van der Waals surface area contributed by atoms with Gasteiger partial charge >= 0.3 is 0 Å². The SMILES string of the molecule is Cc1ccc(N/N=C2\CCC(C)n3c2nc2c(c3=O)CCCC2)cc1. The number of anilines is 1. The van der Waals surface area contributed by atoms with Crippen molar-refractivity contribution < 1.29 is 0 Å². The zero-order valence-corrected chi connectivity index (χ0v) is 14.9. The van der Waals surface area contributed by atoms with E-state index >= 15 is 0 Å². The van der Waals surface area contributed by atoms with Gasteiger partial charge in [-0.05, 0) is 64.5 Å². The number of nitrogens with one attached hydrogen (secondary N) is 1. The molecule has 5 nitrogen and oxygen atoms in total. The molecule has 130 valence electrons. The lowest BCUT2D eigenvalue weighted by molar-refractivity contribution is 0.460. The van der Waals surface area contributed by atoms with E-state index in [4.69, 9.17) is 4.98 Å². The standard InChI is InChI=1S/C20H24N4O/c1-13-7-10-15(11-8-13)22-23-18-12-9-14(2)24-19(18)21-17-6-4-3-5-16(17)20(24)25/h7-8,10-11,14,22H,3-6,9,12H2,1-2H3/b23-18+. The number of aryl methyl sites for hydroxylation is 2. The van der Waals surface area contributed by atoms with Crippen LogP contribution in [-0.2, 0) is 12.8 Å². The van der Waals surface area contributed by atoms with Crippen molar-refractivity contribution in [3.05, 3.63) is 57.3 Å². The van der Waals surface area contributed by atoms with Crippen LogP contribution < -0.4 is 11.0 Å². The highest BCUT2D eigenvalue weighted by molar-refractivity contribution is 5.98. The van der Waals surface area contributed by atoms with Crippen LogP contribution in [0.4, 0.5) is 5.69 Å². The van der Waals surface area contributed by atoms with Gasteiger partial charge in [0.1, 0.15) is 5.71 Å². The Morgan fingerprint density at radius 3 is 2.72 bits per heavy atom. The number of aromatic nitrogens is 2. The van der Waals surface area contributed by atoms with E-state index in [0.717, 1.165) is 67.0 Å². The normalized spacial score (nSPS) is 20.9. The van der Waals surface area contributed by atoms with E-state index in [1.807, 2.05) is 16.7 Å². The maximum Gasteiger partial charge on any atom is 0.257 e. The second-order valence-corrected chi connectivity index (χ2v) is 7.17. The molecule has 0 spiro atoms. The first kappa shape index (κ1) is 16.1. The second kappa shape index (κ2) is 6.47. The molecule has 0 saturated heterocycles. The Balaban J connectivity index is 1.74. The summed E-state index contributed by atoms with van der Waals surface area (Å²) in [5.74, 6) is 0.754. The molecule has 2 aromatic rings. The fraction of sp³-hybridized carbons (Fsp3) is 0.450. The van der Waals surface area contributed by atoms with Crippen molar-refractivity contribution in [1.29, 1.82) is 0 Å². The van der Waals surface area contributed by atoms with Gasteiger partial charge in [-0.2, -0.15) is 5.10 Å². The van der Waals surface area contributed by atoms with E-state index in [9.17, 15) is 4.79 Å². The van der Waals surface area contributed by atoms with Crippen LogP contribution in [0.15, 0.2) is 34.2 Å². The fourth-order valence-electron chi connectivity index (χ4n) is 3.73. The van der Waals surface area contributed by atoms with Gasteiger partial charge in [0.2, 0.25) is 0 Å². The maximum absolute atomic E-state index is 13.0. The molecule has 2 heterocycles. The third kappa shape index (κ3) is 2.99. The Kier molecular flexibility index (Phi) is 4.15. The Morgan fingerprint density at radius 2 is 1.92 bits per heavy atom. The summed E-state index contributed by atoms with van der Waals surface area (Å²) in [6.45, 7) is 4.17. The fourth-order valence-corrected chi connectivity index (χ4v) is 3.73. The summed E-state index contributed by atoms with van der Waals surface area (Å²) >= 11 is 0. The van der Waals surface area contributed by atoms with Crippen molar-refractivity contribution in [2.75, 3.05) is 5.43 Å². The molecule has 4 rings (SSSR count). The highest BCUT2D eigenvalue weighted by Gasteiger charge is 2.27. The Hall–Kier alpha value is -2.43. The van der Waals surface area contributed by atoms with E-state index in [1.54, 1.807) is 0 Å². The third-order valence-corrected chi connectivity index (χ3v) is 5.25. The lowest BCUT2D eigenvalue weighted by Crippen LogP contribution is -2.38. The molecule has 0 bridgehead atoms. The van der Waals surface area contributed by atoms with Crippen molar-refractivity contribution in [3.8, 4) is 0 Å². The maximum atomic E-state index is 13.0. The largest absolute Gasteiger partial charge is 0.288 e. The van der Waals surface area contributed by atoms with Crippen LogP contribution in [0.1, 0.15) is 61.3 Å². The molecule has 0 amide bonds. The Bertz CT molecular complexity index is 880. The van der Waals surface area contributed by atoms with Crippen molar-refractivity contribution in [1.82, 2.24) is 9.55 Å². The molecule has 1 atom stereocenters. The van der Waals surface area contributed by atoms with E-state index in [-0.39, 0.29) is 11.6 Å². The summed E-state index contributed by atoms with van der Waals surface area (Å²) in [5, 5.41) is 4.59. The van der Waals surface area contributed by atoms with Gasteiger partial charge in [0.05, 0.1) is 11.4 Å². The average molecular weight is 336 g/mol. The van der Waals surface area contributed by atoms with Gasteiger partial charge < -0.3 is 0 Å². The third-order valence-electron chi connectivity index (χ3n) is 5.25. The number of hydrogen-bond donors (Lipinski definition) is 1. The number of hydrogen-bond acceptors (Lipinski definition) is 4. The van der Waals surface area contributed by atoms with Crippen molar-refractivity contribution >= 4 is 11.4 Å². The van der Waals surface area contributed by atoms with Gasteiger partial charge in [-0.25, -0.2) is 4.98 Å². The van der Waals surface area contributed by atoms with Gasteiger partial charge in [0.25, 0.3) is 5.56 Å². The van der Waals surface area contributed by atoms with Crippen LogP contribution in [0.25, 0.3) is 0 Å². The Morgan fingerprint density at radius 1 is 1.16 bits per heavy atom. The summed E-state index contributed by atoms with van der Waals surface area (Å²) in [6.07, 6.45) is 5.74. The Labute approximate surface area is 147 Å². The molecule has 1 unspecified atom stereocenters. The highest BCUT2D eigenvalue weighted by Crippen LogP contribution is 2.25. The second-order valence-electron chi connectivity index (χ2n) is 7.17. The van der Waals surface area contributed by atoms with Gasteiger partial charge in [0.15, 0.2) is 5.82 Å². The molecular weight excluding hydrogens is 312 g/mol. The van der Waals surface area contributed by atoms with Crippen LogP contribution in [0.3, 0.4) is 0 Å². The summed E-state index contributed by atoms with van der Waals surface area (Å²) in [7, 11) is 0. The zero-order chi connectivity index (χ0) is 17.4. The number of hydrazone groups is 1. The molecule has 25 heavy (non-hydrogen) atoms. The summed E-state index contributed by atoms with van der Waals surface area (Å²) in [6, 6.07) is 8.31. The summed E-state index contributed by atoms with van der Waals surface area (Å²) in [5.41, 5.74) is 8.23. The average Bonchev–Trinajstić information content (AvgIpc) is 2.63. The molecule has 5 heteroatoms. The minimum Gasteiger partial charge on any atom is -0.288 e. The van der Waals surface area contributed by atoms with Crippen LogP contribution in [-0.4, -0.2) is 15.3 Å². The van der Waals surface area contributed by atoms with Crippen LogP contribution in [0.2, 0.25) is 0 Å². The molecule has 1 aromatic carbocycles. The summed E-state index contributed by atoms with van der Waals surface area (Å²) < 4.78 is 1.86. The minimum atomic E-state index is 0.148. The van der Waals surface area contributed by atoms with Crippen LogP contribution in [0.5, 0.6) is 0 Å². The van der Waals surface area contributed by atoms with E-state index < -0.39 is 0 Å². The molecule has 2 aliphatic rings. The predicted octanol–water partition coefficient (Wildman–Crippen LogP) is 3.60. The molecular formula is C20H24N4O. The van der Waals surface area contributed by atoms with E-state index in [1.165, 1.54) is 5.56 Å². The van der Waals surface area contributed by atoms with Crippen molar-refractivity contribution in [2.45, 2.75) is 58.4 Å². The van der Waals surface area contributed by atoms with Crippen LogP contribution in [0, 0.1) is 6.92 Å². The van der Waals surface area contributed by atoms with Gasteiger partial charge in [0, 0.05) is 11.6 Å². The minimum absolute atomic E-state index is 0.148. The zero-order valence-electron chi connectivity index (χ0n) is 14.9. The lowest BCUT2D eigenvalue weighted by atomic mass is 9.95. The molecule has 1 N–H and O–H groups in total. The van der Waals surface area contributed by atoms with Crippen molar-refractivity contribution in [3.63, 3.8) is 0 Å². The molecule has 0 radical (unpaired) electrons. The van der Waals surface area contributed by atoms with Gasteiger partial charge in [-0.1, -0.05) is 17.7 Å². The number of rotatable bonds is 2. The first-order valence-electron chi connectivity index (χ1n) is 9.17. The van der Waals surface area contributed by atoms with Gasteiger partial charge in [-0.15, -0.1) is 0 Å². The predicted molar refractivity (Wildman–Crippen MR) is 100 cm³/mol. The topological polar surface area (TPSA) is 59.3 Å². The first-order valence-corrected chi connectivity index (χ1v) is 9.17. The molecule has 0 fully saturated rings. The first-order chi connectivity index (χ1) is 12.1. The molecule has 0 saturated carbocycles. The van der Waals surface area contributed by atoms with Gasteiger partial charge in [-0.3, -0.25) is 14.8 Å². The van der Waals surface area contributed by atoms with Crippen molar-refractivity contribution in [2.24, 2.45) is 5.10 Å². The van der Waals surface area contributed by atoms with E-state index in [0.29, 0.717) is 0 Å². The number of fused-ring (bicyclic) bond motifs is 2. The van der Waals surface area contributed by atoms with Crippen LogP contribution >= 0.6 is 0 Å². The molecule has 1 aliphatic heterocycles. The quantitative estimate of drug-likeness (QED) is 0.853. The molecule has 1 aromatic heterocycles. The smallest absolute Gasteiger partial charge is 0.257 e. The molecule has 1 aliphatic carbocycles. The lowest BCUT2D eigenvalue weighted by Gasteiger charge is -2.28. The monoisotopic (exact) mass is 336 g/mol. The number of benzene rings is 1. The summed E-state index contributed by atoms with van der Waals surface area (Å²) in [4.78, 5) is 17.8. The number of nitrogens with zero attached hydrogens (tertiary/aromatic N) is 3. The highest BCUT2D eigenvalue weighted by atomic mass is 16.1.